The minimum atomic E-state index is -0.232. The van der Waals surface area contributed by atoms with Gasteiger partial charge in [-0.1, -0.05) is 19.1 Å². The quantitative estimate of drug-likeness (QED) is 0.839. The summed E-state index contributed by atoms with van der Waals surface area (Å²) in [6.45, 7) is 2.88. The highest BCUT2D eigenvalue weighted by atomic mass is 19.1. The molecule has 1 aliphatic rings. The number of benzene rings is 1. The first kappa shape index (κ1) is 11.4. The molecule has 0 fully saturated rings. The first-order valence-electron chi connectivity index (χ1n) is 6.22. The van der Waals surface area contributed by atoms with Gasteiger partial charge in [0.25, 0.3) is 0 Å². The predicted molar refractivity (Wildman–Crippen MR) is 68.6 cm³/mol. The average molecular weight is 245 g/mol. The number of halogens is 1. The Morgan fingerprint density at radius 2 is 2.17 bits per heavy atom. The van der Waals surface area contributed by atoms with Crippen molar-refractivity contribution in [2.24, 2.45) is 5.73 Å². The van der Waals surface area contributed by atoms with Gasteiger partial charge >= 0.3 is 0 Å². The Kier molecular flexibility index (Phi) is 2.67. The van der Waals surface area contributed by atoms with Crippen molar-refractivity contribution in [2.45, 2.75) is 31.8 Å². The average Bonchev–Trinajstić information content (AvgIpc) is 2.73. The highest BCUT2D eigenvalue weighted by Crippen LogP contribution is 2.29. The molecule has 0 amide bonds. The maximum atomic E-state index is 13.7. The Hall–Kier alpha value is -1.68. The lowest BCUT2D eigenvalue weighted by Crippen LogP contribution is -2.33. The molecule has 1 aromatic heterocycles. The van der Waals surface area contributed by atoms with Gasteiger partial charge in [0.2, 0.25) is 0 Å². The molecule has 0 radical (unpaired) electrons. The number of fused-ring (bicyclic) bond motifs is 1. The Morgan fingerprint density at radius 1 is 1.39 bits per heavy atom. The third-order valence-electron chi connectivity index (χ3n) is 3.49. The van der Waals surface area contributed by atoms with Crippen LogP contribution in [-0.2, 0) is 6.54 Å². The number of hydrogen-bond acceptors (Lipinski definition) is 2. The van der Waals surface area contributed by atoms with Gasteiger partial charge in [0, 0.05) is 30.3 Å². The van der Waals surface area contributed by atoms with Crippen LogP contribution in [0.1, 0.15) is 25.1 Å². The molecule has 0 saturated heterocycles. The second-order valence-electron chi connectivity index (χ2n) is 5.01. The van der Waals surface area contributed by atoms with E-state index in [1.54, 1.807) is 12.1 Å². The third kappa shape index (κ3) is 1.82. The van der Waals surface area contributed by atoms with Crippen molar-refractivity contribution in [2.75, 3.05) is 0 Å². The fraction of sp³-hybridized carbons (Fsp3) is 0.357. The molecule has 2 heterocycles. The van der Waals surface area contributed by atoms with Crippen LogP contribution in [0.15, 0.2) is 30.5 Å². The molecule has 2 aromatic rings. The highest BCUT2D eigenvalue weighted by molar-refractivity contribution is 5.59. The van der Waals surface area contributed by atoms with Crippen molar-refractivity contribution in [1.29, 1.82) is 0 Å². The predicted octanol–water partition coefficient (Wildman–Crippen LogP) is 2.52. The van der Waals surface area contributed by atoms with Crippen molar-refractivity contribution in [1.82, 2.24) is 9.55 Å². The fourth-order valence-electron chi connectivity index (χ4n) is 2.66. The van der Waals surface area contributed by atoms with E-state index in [2.05, 4.69) is 16.5 Å². The first-order chi connectivity index (χ1) is 8.65. The molecule has 0 spiro atoms. The van der Waals surface area contributed by atoms with E-state index in [-0.39, 0.29) is 11.9 Å². The Labute approximate surface area is 105 Å². The van der Waals surface area contributed by atoms with Crippen LogP contribution in [0, 0.1) is 5.82 Å². The van der Waals surface area contributed by atoms with Crippen LogP contribution in [0.3, 0.4) is 0 Å². The highest BCUT2D eigenvalue weighted by Gasteiger charge is 2.24. The Bertz CT molecular complexity index is 576. The number of hydrogen-bond donors (Lipinski definition) is 1. The molecule has 3 nitrogen and oxygen atoms in total. The van der Waals surface area contributed by atoms with Gasteiger partial charge in [-0.2, -0.15) is 0 Å². The SMILES string of the molecule is CC1CC(N)Cn2cc(-c3ccccc3F)nc21. The summed E-state index contributed by atoms with van der Waals surface area (Å²) in [6.07, 6.45) is 2.84. The van der Waals surface area contributed by atoms with E-state index in [0.29, 0.717) is 17.2 Å². The zero-order valence-electron chi connectivity index (χ0n) is 10.3. The summed E-state index contributed by atoms with van der Waals surface area (Å²) in [5, 5.41) is 0. The van der Waals surface area contributed by atoms with Gasteiger partial charge in [-0.3, -0.25) is 0 Å². The van der Waals surface area contributed by atoms with Crippen molar-refractivity contribution < 1.29 is 4.39 Å². The number of aromatic nitrogens is 2. The second-order valence-corrected chi connectivity index (χ2v) is 5.01. The zero-order valence-corrected chi connectivity index (χ0v) is 10.3. The van der Waals surface area contributed by atoms with E-state index < -0.39 is 0 Å². The molecule has 0 saturated carbocycles. The molecule has 18 heavy (non-hydrogen) atoms. The lowest BCUT2D eigenvalue weighted by molar-refractivity contribution is 0.407. The lowest BCUT2D eigenvalue weighted by atomic mass is 9.98. The summed E-state index contributed by atoms with van der Waals surface area (Å²) < 4.78 is 15.8. The molecular formula is C14H16FN3. The smallest absolute Gasteiger partial charge is 0.132 e. The maximum Gasteiger partial charge on any atom is 0.132 e. The summed E-state index contributed by atoms with van der Waals surface area (Å²) in [7, 11) is 0. The van der Waals surface area contributed by atoms with Crippen molar-refractivity contribution in [3.63, 3.8) is 0 Å². The molecule has 2 unspecified atom stereocenters. The van der Waals surface area contributed by atoms with Gasteiger partial charge in [0.1, 0.15) is 11.6 Å². The molecule has 94 valence electrons. The summed E-state index contributed by atoms with van der Waals surface area (Å²) in [6, 6.07) is 6.89. The minimum Gasteiger partial charge on any atom is -0.332 e. The van der Waals surface area contributed by atoms with Gasteiger partial charge in [0.15, 0.2) is 0 Å². The molecule has 3 rings (SSSR count). The van der Waals surface area contributed by atoms with E-state index in [4.69, 9.17) is 5.73 Å². The molecule has 0 bridgehead atoms. The van der Waals surface area contributed by atoms with E-state index in [1.165, 1.54) is 6.07 Å². The number of nitrogens with two attached hydrogens (primary N) is 1. The monoisotopic (exact) mass is 245 g/mol. The summed E-state index contributed by atoms with van der Waals surface area (Å²) in [5.74, 6) is 1.11. The largest absolute Gasteiger partial charge is 0.332 e. The topological polar surface area (TPSA) is 43.8 Å². The van der Waals surface area contributed by atoms with Crippen molar-refractivity contribution >= 4 is 0 Å². The van der Waals surface area contributed by atoms with E-state index in [9.17, 15) is 4.39 Å². The lowest BCUT2D eigenvalue weighted by Gasteiger charge is -2.25. The first-order valence-corrected chi connectivity index (χ1v) is 6.22. The molecule has 2 atom stereocenters. The molecule has 1 aliphatic heterocycles. The van der Waals surface area contributed by atoms with E-state index in [1.807, 2.05) is 12.3 Å². The van der Waals surface area contributed by atoms with Crippen LogP contribution in [-0.4, -0.2) is 15.6 Å². The maximum absolute atomic E-state index is 13.7. The molecular weight excluding hydrogens is 229 g/mol. The van der Waals surface area contributed by atoms with Crippen LogP contribution >= 0.6 is 0 Å². The van der Waals surface area contributed by atoms with Crippen LogP contribution in [0.2, 0.25) is 0 Å². The second kappa shape index (κ2) is 4.21. The third-order valence-corrected chi connectivity index (χ3v) is 3.49. The normalized spacial score (nSPS) is 22.8. The Morgan fingerprint density at radius 3 is 2.94 bits per heavy atom. The minimum absolute atomic E-state index is 0.162. The summed E-state index contributed by atoms with van der Waals surface area (Å²) in [4.78, 5) is 4.56. The van der Waals surface area contributed by atoms with Crippen LogP contribution in [0.25, 0.3) is 11.3 Å². The molecule has 1 aromatic carbocycles. The number of nitrogens with zero attached hydrogens (tertiary/aromatic N) is 2. The van der Waals surface area contributed by atoms with Crippen molar-refractivity contribution in [3.8, 4) is 11.3 Å². The Balaban J connectivity index is 2.06. The molecule has 2 N–H and O–H groups in total. The summed E-state index contributed by atoms with van der Waals surface area (Å²) in [5.41, 5.74) is 7.25. The van der Waals surface area contributed by atoms with Gasteiger partial charge in [-0.25, -0.2) is 9.37 Å². The molecule has 0 aliphatic carbocycles. The van der Waals surface area contributed by atoms with Gasteiger partial charge in [0.05, 0.1) is 5.69 Å². The standard InChI is InChI=1S/C14H16FN3/c1-9-6-10(16)7-18-8-13(17-14(9)18)11-4-2-3-5-12(11)15/h2-5,8-10H,6-7,16H2,1H3. The van der Waals surface area contributed by atoms with Crippen LogP contribution < -0.4 is 5.73 Å². The van der Waals surface area contributed by atoms with E-state index in [0.717, 1.165) is 18.8 Å². The fourth-order valence-corrected chi connectivity index (χ4v) is 2.66. The zero-order chi connectivity index (χ0) is 12.7. The van der Waals surface area contributed by atoms with Gasteiger partial charge in [-0.15, -0.1) is 0 Å². The van der Waals surface area contributed by atoms with Gasteiger partial charge < -0.3 is 10.3 Å². The van der Waals surface area contributed by atoms with Crippen molar-refractivity contribution in [3.05, 3.63) is 42.1 Å². The summed E-state index contributed by atoms with van der Waals surface area (Å²) >= 11 is 0. The molecule has 4 heteroatoms. The number of rotatable bonds is 1. The number of imidazole rings is 1. The van der Waals surface area contributed by atoms with E-state index >= 15 is 0 Å². The van der Waals surface area contributed by atoms with Crippen LogP contribution in [0.5, 0.6) is 0 Å². The van der Waals surface area contributed by atoms with Gasteiger partial charge in [-0.05, 0) is 18.6 Å². The van der Waals surface area contributed by atoms with Crippen LogP contribution in [0.4, 0.5) is 4.39 Å².